The molecule has 0 spiro atoms. The summed E-state index contributed by atoms with van der Waals surface area (Å²) in [5.74, 6) is 2.35. The largest absolute Gasteiger partial charge is 0.315 e. The van der Waals surface area contributed by atoms with E-state index in [0.29, 0.717) is 6.04 Å². The molecule has 1 aliphatic heterocycles. The molecule has 2 rings (SSSR count). The summed E-state index contributed by atoms with van der Waals surface area (Å²) in [6, 6.07) is 0.488. The van der Waals surface area contributed by atoms with Crippen LogP contribution in [0.25, 0.3) is 0 Å². The standard InChI is InChI=1S/C12H22N4/c1-3-13-10(2)9-12-15-14-11-7-5-4-6-8-16(11)12/h10,13H,3-9H2,1-2H3. The highest BCUT2D eigenvalue weighted by Gasteiger charge is 2.15. The van der Waals surface area contributed by atoms with Crippen LogP contribution in [0.5, 0.6) is 0 Å². The smallest absolute Gasteiger partial charge is 0.134 e. The molecule has 1 aliphatic rings. The van der Waals surface area contributed by atoms with E-state index in [-0.39, 0.29) is 0 Å². The van der Waals surface area contributed by atoms with Crippen LogP contribution in [-0.2, 0) is 19.4 Å². The monoisotopic (exact) mass is 222 g/mol. The molecule has 16 heavy (non-hydrogen) atoms. The molecule has 0 aliphatic carbocycles. The van der Waals surface area contributed by atoms with E-state index in [4.69, 9.17) is 0 Å². The number of aromatic nitrogens is 3. The Morgan fingerprint density at radius 1 is 1.31 bits per heavy atom. The van der Waals surface area contributed by atoms with Crippen LogP contribution in [0, 0.1) is 0 Å². The average molecular weight is 222 g/mol. The lowest BCUT2D eigenvalue weighted by atomic mass is 10.2. The Balaban J connectivity index is 2.07. The van der Waals surface area contributed by atoms with Gasteiger partial charge in [-0.25, -0.2) is 0 Å². The Bertz CT molecular complexity index is 332. The number of likely N-dealkylation sites (N-methyl/N-ethyl adjacent to an activating group) is 1. The number of fused-ring (bicyclic) bond motifs is 1. The van der Waals surface area contributed by atoms with E-state index in [1.165, 1.54) is 25.1 Å². The van der Waals surface area contributed by atoms with Crippen molar-refractivity contribution in [1.82, 2.24) is 20.1 Å². The summed E-state index contributed by atoms with van der Waals surface area (Å²) >= 11 is 0. The molecule has 0 fully saturated rings. The number of nitrogens with one attached hydrogen (secondary N) is 1. The zero-order valence-corrected chi connectivity index (χ0v) is 10.4. The van der Waals surface area contributed by atoms with E-state index in [0.717, 1.165) is 31.8 Å². The summed E-state index contributed by atoms with van der Waals surface area (Å²) in [4.78, 5) is 0. The second kappa shape index (κ2) is 5.43. The molecule has 0 saturated heterocycles. The predicted molar refractivity (Wildman–Crippen MR) is 64.4 cm³/mol. The molecule has 1 unspecified atom stereocenters. The zero-order valence-electron chi connectivity index (χ0n) is 10.4. The summed E-state index contributed by atoms with van der Waals surface area (Å²) in [6.45, 7) is 6.47. The summed E-state index contributed by atoms with van der Waals surface area (Å²) < 4.78 is 2.33. The van der Waals surface area contributed by atoms with Gasteiger partial charge in [0, 0.05) is 25.4 Å². The van der Waals surface area contributed by atoms with Crippen LogP contribution in [0.2, 0.25) is 0 Å². The van der Waals surface area contributed by atoms with Crippen LogP contribution >= 0.6 is 0 Å². The lowest BCUT2D eigenvalue weighted by Gasteiger charge is -2.12. The maximum Gasteiger partial charge on any atom is 0.134 e. The quantitative estimate of drug-likeness (QED) is 0.840. The predicted octanol–water partition coefficient (Wildman–Crippen LogP) is 1.54. The van der Waals surface area contributed by atoms with Gasteiger partial charge >= 0.3 is 0 Å². The van der Waals surface area contributed by atoms with Gasteiger partial charge in [-0.1, -0.05) is 13.3 Å². The van der Waals surface area contributed by atoms with Crippen LogP contribution in [0.4, 0.5) is 0 Å². The first-order valence-electron chi connectivity index (χ1n) is 6.45. The molecule has 90 valence electrons. The average Bonchev–Trinajstić information content (AvgIpc) is 2.51. The maximum absolute atomic E-state index is 4.33. The second-order valence-electron chi connectivity index (χ2n) is 4.66. The maximum atomic E-state index is 4.33. The van der Waals surface area contributed by atoms with Gasteiger partial charge in [0.1, 0.15) is 11.6 Å². The first kappa shape index (κ1) is 11.6. The van der Waals surface area contributed by atoms with Gasteiger partial charge in [0.25, 0.3) is 0 Å². The SMILES string of the molecule is CCNC(C)Cc1nnc2n1CCCCC2. The lowest BCUT2D eigenvalue weighted by molar-refractivity contribution is 0.524. The second-order valence-corrected chi connectivity index (χ2v) is 4.66. The first-order chi connectivity index (χ1) is 7.81. The number of rotatable bonds is 4. The van der Waals surface area contributed by atoms with Crippen molar-refractivity contribution in [2.24, 2.45) is 0 Å². The van der Waals surface area contributed by atoms with Crippen LogP contribution in [0.1, 0.15) is 44.8 Å². The number of nitrogens with zero attached hydrogens (tertiary/aromatic N) is 3. The van der Waals surface area contributed by atoms with E-state index >= 15 is 0 Å². The van der Waals surface area contributed by atoms with Gasteiger partial charge in [0.15, 0.2) is 0 Å². The Morgan fingerprint density at radius 3 is 3.00 bits per heavy atom. The van der Waals surface area contributed by atoms with Gasteiger partial charge in [-0.3, -0.25) is 0 Å². The minimum absolute atomic E-state index is 0.488. The van der Waals surface area contributed by atoms with Gasteiger partial charge < -0.3 is 9.88 Å². The summed E-state index contributed by atoms with van der Waals surface area (Å²) in [6.07, 6.45) is 5.95. The Labute approximate surface area is 97.5 Å². The molecule has 0 saturated carbocycles. The normalized spacial score (nSPS) is 17.9. The van der Waals surface area contributed by atoms with Crippen molar-refractivity contribution in [3.8, 4) is 0 Å². The summed E-state index contributed by atoms with van der Waals surface area (Å²) in [5, 5.41) is 12.1. The lowest BCUT2D eigenvalue weighted by Crippen LogP contribution is -2.29. The van der Waals surface area contributed by atoms with E-state index in [1.807, 2.05) is 0 Å². The molecule has 4 nitrogen and oxygen atoms in total. The topological polar surface area (TPSA) is 42.7 Å². The summed E-state index contributed by atoms with van der Waals surface area (Å²) in [5.41, 5.74) is 0. The van der Waals surface area contributed by atoms with E-state index < -0.39 is 0 Å². The van der Waals surface area contributed by atoms with Gasteiger partial charge in [0.05, 0.1) is 0 Å². The molecule has 0 amide bonds. The molecule has 1 aromatic rings. The van der Waals surface area contributed by atoms with Crippen molar-refractivity contribution in [3.63, 3.8) is 0 Å². The minimum atomic E-state index is 0.488. The number of hydrogen-bond acceptors (Lipinski definition) is 3. The van der Waals surface area contributed by atoms with Gasteiger partial charge in [-0.15, -0.1) is 10.2 Å². The van der Waals surface area contributed by atoms with Crippen molar-refractivity contribution >= 4 is 0 Å². The van der Waals surface area contributed by atoms with Crippen molar-refractivity contribution in [2.45, 2.75) is 58.5 Å². The Morgan fingerprint density at radius 2 is 2.19 bits per heavy atom. The molecule has 4 heteroatoms. The third-order valence-corrected chi connectivity index (χ3v) is 3.23. The van der Waals surface area contributed by atoms with Crippen LogP contribution in [0.15, 0.2) is 0 Å². The highest BCUT2D eigenvalue weighted by molar-refractivity contribution is 4.99. The first-order valence-corrected chi connectivity index (χ1v) is 6.45. The molecule has 1 atom stereocenters. The molecule has 0 bridgehead atoms. The molecular formula is C12H22N4. The molecule has 1 N–H and O–H groups in total. The Kier molecular flexibility index (Phi) is 3.93. The van der Waals surface area contributed by atoms with Crippen molar-refractivity contribution in [3.05, 3.63) is 11.6 Å². The third-order valence-electron chi connectivity index (χ3n) is 3.23. The highest BCUT2D eigenvalue weighted by Crippen LogP contribution is 2.15. The molecule has 0 radical (unpaired) electrons. The fourth-order valence-corrected chi connectivity index (χ4v) is 2.39. The van der Waals surface area contributed by atoms with Crippen molar-refractivity contribution in [2.75, 3.05) is 6.54 Å². The minimum Gasteiger partial charge on any atom is -0.315 e. The van der Waals surface area contributed by atoms with Gasteiger partial charge in [-0.05, 0) is 26.3 Å². The molecule has 2 heterocycles. The third kappa shape index (κ3) is 2.61. The van der Waals surface area contributed by atoms with Gasteiger partial charge in [0.2, 0.25) is 0 Å². The Hall–Kier alpha value is -0.900. The van der Waals surface area contributed by atoms with Crippen molar-refractivity contribution in [1.29, 1.82) is 0 Å². The van der Waals surface area contributed by atoms with E-state index in [2.05, 4.69) is 33.9 Å². The van der Waals surface area contributed by atoms with Gasteiger partial charge in [-0.2, -0.15) is 0 Å². The molecule has 0 aromatic carbocycles. The zero-order chi connectivity index (χ0) is 11.4. The molecular weight excluding hydrogens is 200 g/mol. The van der Waals surface area contributed by atoms with E-state index in [1.54, 1.807) is 0 Å². The van der Waals surface area contributed by atoms with E-state index in [9.17, 15) is 0 Å². The number of aryl methyl sites for hydroxylation is 1. The van der Waals surface area contributed by atoms with Crippen LogP contribution in [-0.4, -0.2) is 27.4 Å². The number of hydrogen-bond donors (Lipinski definition) is 1. The van der Waals surface area contributed by atoms with Crippen molar-refractivity contribution < 1.29 is 0 Å². The fraction of sp³-hybridized carbons (Fsp3) is 0.833. The van der Waals surface area contributed by atoms with Crippen LogP contribution < -0.4 is 5.32 Å². The summed E-state index contributed by atoms with van der Waals surface area (Å²) in [7, 11) is 0. The van der Waals surface area contributed by atoms with Crippen LogP contribution in [0.3, 0.4) is 0 Å². The molecule has 1 aromatic heterocycles. The fourth-order valence-electron chi connectivity index (χ4n) is 2.39. The highest BCUT2D eigenvalue weighted by atomic mass is 15.3.